The Bertz CT molecular complexity index is 912. The zero-order valence-corrected chi connectivity index (χ0v) is 15.3. The number of anilines is 2. The molecule has 2 aliphatic heterocycles. The molecule has 0 unspecified atom stereocenters. The summed E-state index contributed by atoms with van der Waals surface area (Å²) in [5.41, 5.74) is 1.84. The van der Waals surface area contributed by atoms with Gasteiger partial charge in [-0.15, -0.1) is 4.40 Å². The molecule has 0 aromatic heterocycles. The molecule has 0 atom stereocenters. The maximum Gasteiger partial charge on any atom is 0.286 e. The summed E-state index contributed by atoms with van der Waals surface area (Å²) < 4.78 is 28.7. The first kappa shape index (κ1) is 17.1. The maximum absolute atomic E-state index is 12.4. The second-order valence-electron chi connectivity index (χ2n) is 6.59. The van der Waals surface area contributed by atoms with Crippen LogP contribution in [0, 0.1) is 0 Å². The molecule has 2 aliphatic rings. The van der Waals surface area contributed by atoms with Gasteiger partial charge in [0.1, 0.15) is 10.7 Å². The molecule has 4 rings (SSSR count). The minimum atomic E-state index is -3.62. The molecule has 7 heteroatoms. The molecule has 0 radical (unpaired) electrons. The van der Waals surface area contributed by atoms with E-state index in [-0.39, 0.29) is 4.90 Å². The Hall–Kier alpha value is -2.38. The number of para-hydroxylation sites is 2. The third-order valence-corrected chi connectivity index (χ3v) is 6.13. The Balaban J connectivity index is 1.45. The summed E-state index contributed by atoms with van der Waals surface area (Å²) in [6, 6.07) is 17.3. The van der Waals surface area contributed by atoms with Gasteiger partial charge >= 0.3 is 0 Å². The van der Waals surface area contributed by atoms with Crippen LogP contribution in [-0.2, 0) is 10.0 Å². The van der Waals surface area contributed by atoms with Gasteiger partial charge in [0.05, 0.1) is 12.2 Å². The molecule has 0 saturated carbocycles. The van der Waals surface area contributed by atoms with E-state index >= 15 is 0 Å². The Morgan fingerprint density at radius 3 is 2.54 bits per heavy atom. The molecule has 0 spiro atoms. The number of fused-ring (bicyclic) bond motifs is 1. The summed E-state index contributed by atoms with van der Waals surface area (Å²) >= 11 is 0. The highest BCUT2D eigenvalue weighted by Crippen LogP contribution is 2.26. The van der Waals surface area contributed by atoms with E-state index < -0.39 is 10.0 Å². The average Bonchev–Trinajstić information content (AvgIpc) is 2.88. The minimum absolute atomic E-state index is 0.245. The van der Waals surface area contributed by atoms with Gasteiger partial charge < -0.3 is 10.2 Å². The molecule has 136 valence electrons. The molecule has 2 aromatic carbocycles. The van der Waals surface area contributed by atoms with Crippen LogP contribution in [0.25, 0.3) is 0 Å². The Morgan fingerprint density at radius 1 is 0.923 bits per heavy atom. The number of hydrogen-bond donors (Lipinski definition) is 1. The largest absolute Gasteiger partial charge is 0.370 e. The fraction of sp³-hybridized carbons (Fsp3) is 0.316. The number of rotatable bonds is 3. The number of amidine groups is 1. The van der Waals surface area contributed by atoms with Crippen molar-refractivity contribution < 1.29 is 8.42 Å². The lowest BCUT2D eigenvalue weighted by atomic mass is 10.3. The van der Waals surface area contributed by atoms with Crippen LogP contribution in [-0.4, -0.2) is 51.9 Å². The van der Waals surface area contributed by atoms with E-state index in [9.17, 15) is 8.42 Å². The van der Waals surface area contributed by atoms with E-state index in [1.165, 1.54) is 5.69 Å². The fourth-order valence-electron chi connectivity index (χ4n) is 3.47. The molecule has 2 heterocycles. The van der Waals surface area contributed by atoms with Gasteiger partial charge in [-0.05, 0) is 30.7 Å². The number of hydrogen-bond acceptors (Lipinski definition) is 5. The number of benzene rings is 2. The van der Waals surface area contributed by atoms with Crippen LogP contribution in [0.2, 0.25) is 0 Å². The molecule has 2 aromatic rings. The summed E-state index contributed by atoms with van der Waals surface area (Å²) in [6.07, 6.45) is 1.03. The van der Waals surface area contributed by atoms with E-state index in [0.717, 1.165) is 32.6 Å². The van der Waals surface area contributed by atoms with Gasteiger partial charge in [-0.3, -0.25) is 4.90 Å². The van der Waals surface area contributed by atoms with Crippen molar-refractivity contribution in [3.05, 3.63) is 54.6 Å². The summed E-state index contributed by atoms with van der Waals surface area (Å²) in [4.78, 5) is 4.88. The van der Waals surface area contributed by atoms with E-state index in [1.54, 1.807) is 18.2 Å². The van der Waals surface area contributed by atoms with Crippen LogP contribution in [0.15, 0.2) is 63.9 Å². The second-order valence-corrected chi connectivity index (χ2v) is 8.16. The van der Waals surface area contributed by atoms with Crippen molar-refractivity contribution in [3.8, 4) is 0 Å². The molecule has 0 amide bonds. The average molecular weight is 370 g/mol. The molecule has 6 nitrogen and oxygen atoms in total. The van der Waals surface area contributed by atoms with Gasteiger partial charge in [0, 0.05) is 31.9 Å². The van der Waals surface area contributed by atoms with Gasteiger partial charge in [0.25, 0.3) is 10.0 Å². The number of sulfonamides is 1. The molecule has 26 heavy (non-hydrogen) atoms. The SMILES string of the molecule is O=S1(=O)N=C(CN2CCCN(c3ccccc3)CC2)Nc2ccccc21. The topological polar surface area (TPSA) is 65.0 Å². The zero-order valence-electron chi connectivity index (χ0n) is 14.5. The van der Waals surface area contributed by atoms with Crippen LogP contribution in [0.4, 0.5) is 11.4 Å². The van der Waals surface area contributed by atoms with E-state index in [1.807, 2.05) is 12.1 Å². The quantitative estimate of drug-likeness (QED) is 0.899. The van der Waals surface area contributed by atoms with Gasteiger partial charge in [-0.25, -0.2) is 0 Å². The molecule has 1 fully saturated rings. The minimum Gasteiger partial charge on any atom is -0.370 e. The summed E-state index contributed by atoms with van der Waals surface area (Å²) in [5.74, 6) is 0.497. The van der Waals surface area contributed by atoms with E-state index in [0.29, 0.717) is 18.1 Å². The highest BCUT2D eigenvalue weighted by Gasteiger charge is 2.25. The van der Waals surface area contributed by atoms with Crippen LogP contribution >= 0.6 is 0 Å². The van der Waals surface area contributed by atoms with E-state index in [4.69, 9.17) is 0 Å². The van der Waals surface area contributed by atoms with Crippen molar-refractivity contribution in [1.29, 1.82) is 0 Å². The highest BCUT2D eigenvalue weighted by atomic mass is 32.2. The zero-order chi connectivity index (χ0) is 18.0. The lowest BCUT2D eigenvalue weighted by Crippen LogP contribution is -2.38. The van der Waals surface area contributed by atoms with Gasteiger partial charge in [0.15, 0.2) is 0 Å². The second kappa shape index (κ2) is 7.09. The van der Waals surface area contributed by atoms with Crippen molar-refractivity contribution in [2.75, 3.05) is 42.9 Å². The normalized spacial score (nSPS) is 19.8. The first-order valence-corrected chi connectivity index (χ1v) is 10.3. The summed E-state index contributed by atoms with van der Waals surface area (Å²) in [7, 11) is -3.62. The predicted octanol–water partition coefficient (Wildman–Crippen LogP) is 2.41. The Labute approximate surface area is 154 Å². The fourth-order valence-corrected chi connectivity index (χ4v) is 4.61. The van der Waals surface area contributed by atoms with Crippen molar-refractivity contribution in [3.63, 3.8) is 0 Å². The number of nitrogens with zero attached hydrogens (tertiary/aromatic N) is 3. The van der Waals surface area contributed by atoms with Crippen molar-refractivity contribution in [1.82, 2.24) is 4.90 Å². The molecule has 0 bridgehead atoms. The summed E-state index contributed by atoms with van der Waals surface area (Å²) in [6.45, 7) is 4.22. The van der Waals surface area contributed by atoms with Crippen LogP contribution in [0.1, 0.15) is 6.42 Å². The monoisotopic (exact) mass is 370 g/mol. The predicted molar refractivity (Wildman–Crippen MR) is 104 cm³/mol. The third-order valence-electron chi connectivity index (χ3n) is 4.76. The number of nitrogens with one attached hydrogen (secondary N) is 1. The van der Waals surface area contributed by atoms with E-state index in [2.05, 4.69) is 43.8 Å². The van der Waals surface area contributed by atoms with Gasteiger partial charge in [-0.2, -0.15) is 8.42 Å². The highest BCUT2D eigenvalue weighted by molar-refractivity contribution is 7.90. The van der Waals surface area contributed by atoms with Gasteiger partial charge in [-0.1, -0.05) is 30.3 Å². The first-order valence-electron chi connectivity index (χ1n) is 8.84. The van der Waals surface area contributed by atoms with Crippen molar-refractivity contribution in [2.24, 2.45) is 4.40 Å². The lowest BCUT2D eigenvalue weighted by Gasteiger charge is -2.25. The van der Waals surface area contributed by atoms with Crippen LogP contribution in [0.5, 0.6) is 0 Å². The molecular formula is C19H22N4O2S. The van der Waals surface area contributed by atoms with Crippen LogP contribution in [0.3, 0.4) is 0 Å². The molecule has 1 saturated heterocycles. The van der Waals surface area contributed by atoms with Crippen molar-refractivity contribution >= 4 is 27.2 Å². The standard InChI is InChI=1S/C19H22N4O2S/c24-26(25)18-10-5-4-9-17(18)20-19(21-26)15-22-11-6-12-23(14-13-22)16-7-2-1-3-8-16/h1-5,7-10H,6,11-15H2,(H,20,21). The smallest absolute Gasteiger partial charge is 0.286 e. The lowest BCUT2D eigenvalue weighted by molar-refractivity contribution is 0.334. The van der Waals surface area contributed by atoms with Gasteiger partial charge in [0.2, 0.25) is 0 Å². The molecular weight excluding hydrogens is 348 g/mol. The molecule has 1 N–H and O–H groups in total. The maximum atomic E-state index is 12.4. The third kappa shape index (κ3) is 3.59. The summed E-state index contributed by atoms with van der Waals surface area (Å²) in [5, 5.41) is 3.18. The Kier molecular flexibility index (Phi) is 4.65. The van der Waals surface area contributed by atoms with Crippen LogP contribution < -0.4 is 10.2 Å². The Morgan fingerprint density at radius 2 is 1.69 bits per heavy atom. The first-order chi connectivity index (χ1) is 12.6. The van der Waals surface area contributed by atoms with Crippen molar-refractivity contribution in [2.45, 2.75) is 11.3 Å². The molecule has 0 aliphatic carbocycles.